The maximum atomic E-state index is 13.9. The van der Waals surface area contributed by atoms with Crippen molar-refractivity contribution in [2.45, 2.75) is 44.4 Å². The van der Waals surface area contributed by atoms with Crippen molar-refractivity contribution in [2.24, 2.45) is 0 Å². The van der Waals surface area contributed by atoms with E-state index in [2.05, 4.69) is 5.32 Å². The van der Waals surface area contributed by atoms with Crippen LogP contribution in [0.2, 0.25) is 0 Å². The zero-order valence-corrected chi connectivity index (χ0v) is 12.7. The number of thiophene rings is 1. The van der Waals surface area contributed by atoms with E-state index in [9.17, 15) is 9.50 Å². The first kappa shape index (κ1) is 14.7. The minimum absolute atomic E-state index is 0.172. The van der Waals surface area contributed by atoms with Crippen LogP contribution in [0, 0.1) is 5.82 Å². The molecule has 0 spiro atoms. The summed E-state index contributed by atoms with van der Waals surface area (Å²) in [4.78, 5) is 0.961. The monoisotopic (exact) mass is 305 g/mol. The van der Waals surface area contributed by atoms with Gasteiger partial charge in [0, 0.05) is 23.0 Å². The van der Waals surface area contributed by atoms with Crippen molar-refractivity contribution in [3.8, 4) is 10.4 Å². The smallest absolute Gasteiger partial charge is 0.131 e. The molecule has 1 aliphatic rings. The molecule has 2 unspecified atom stereocenters. The van der Waals surface area contributed by atoms with Crippen LogP contribution in [0.5, 0.6) is 0 Å². The fraction of sp³-hybridized carbons (Fsp3) is 0.412. The minimum Gasteiger partial charge on any atom is -0.393 e. The van der Waals surface area contributed by atoms with Crippen molar-refractivity contribution >= 4 is 11.3 Å². The van der Waals surface area contributed by atoms with Gasteiger partial charge in [-0.2, -0.15) is 0 Å². The Morgan fingerprint density at radius 1 is 1.29 bits per heavy atom. The normalized spacial score (nSPS) is 22.4. The highest BCUT2D eigenvalue weighted by Crippen LogP contribution is 2.28. The third-order valence-corrected chi connectivity index (χ3v) is 4.96. The molecule has 3 rings (SSSR count). The van der Waals surface area contributed by atoms with Crippen molar-refractivity contribution in [2.75, 3.05) is 0 Å². The molecule has 2 atom stereocenters. The topological polar surface area (TPSA) is 32.3 Å². The number of aliphatic hydroxyl groups excluding tert-OH is 1. The summed E-state index contributed by atoms with van der Waals surface area (Å²) in [6.07, 6.45) is 3.74. The molecule has 112 valence electrons. The van der Waals surface area contributed by atoms with Crippen LogP contribution in [0.25, 0.3) is 10.4 Å². The van der Waals surface area contributed by atoms with E-state index in [4.69, 9.17) is 0 Å². The average Bonchev–Trinajstić information content (AvgIpc) is 3.00. The van der Waals surface area contributed by atoms with Crippen molar-refractivity contribution < 1.29 is 9.50 Å². The van der Waals surface area contributed by atoms with E-state index in [-0.39, 0.29) is 11.9 Å². The molecule has 1 heterocycles. The predicted molar refractivity (Wildman–Crippen MR) is 84.8 cm³/mol. The highest BCUT2D eigenvalue weighted by atomic mass is 32.1. The van der Waals surface area contributed by atoms with Gasteiger partial charge in [0.25, 0.3) is 0 Å². The first-order valence-corrected chi connectivity index (χ1v) is 8.34. The van der Waals surface area contributed by atoms with Crippen molar-refractivity contribution in [1.29, 1.82) is 0 Å². The van der Waals surface area contributed by atoms with E-state index >= 15 is 0 Å². The number of nitrogens with one attached hydrogen (secondary N) is 1. The highest BCUT2D eigenvalue weighted by Gasteiger charge is 2.19. The summed E-state index contributed by atoms with van der Waals surface area (Å²) in [5, 5.41) is 15.1. The summed E-state index contributed by atoms with van der Waals surface area (Å²) >= 11 is 1.55. The molecule has 1 aromatic carbocycles. The van der Waals surface area contributed by atoms with Crippen molar-refractivity contribution in [3.05, 3.63) is 47.1 Å². The van der Waals surface area contributed by atoms with E-state index in [1.165, 1.54) is 0 Å². The number of aliphatic hydroxyl groups is 1. The lowest BCUT2D eigenvalue weighted by Gasteiger charge is -2.26. The highest BCUT2D eigenvalue weighted by molar-refractivity contribution is 7.13. The van der Waals surface area contributed by atoms with Crippen LogP contribution in [0.1, 0.15) is 31.2 Å². The predicted octanol–water partition coefficient (Wildman–Crippen LogP) is 3.95. The Balaban J connectivity index is 1.67. The van der Waals surface area contributed by atoms with Gasteiger partial charge in [0.15, 0.2) is 0 Å². The Hall–Kier alpha value is -1.23. The summed E-state index contributed by atoms with van der Waals surface area (Å²) in [5.74, 6) is -0.172. The quantitative estimate of drug-likeness (QED) is 0.896. The molecule has 0 radical (unpaired) electrons. The van der Waals surface area contributed by atoms with E-state index < -0.39 is 0 Å². The Morgan fingerprint density at radius 2 is 2.19 bits per heavy atom. The second-order valence-electron chi connectivity index (χ2n) is 5.69. The first-order chi connectivity index (χ1) is 10.2. The molecular weight excluding hydrogens is 285 g/mol. The molecule has 2 N–H and O–H groups in total. The third kappa shape index (κ3) is 3.70. The maximum absolute atomic E-state index is 13.9. The Kier molecular flexibility index (Phi) is 4.68. The number of rotatable bonds is 4. The standard InChI is InChI=1S/C17H20FNOS/c18-16-7-6-12(9-15(16)17-5-2-8-21-17)11-19-13-3-1-4-14(20)10-13/h2,5-9,13-14,19-20H,1,3-4,10-11H2. The lowest BCUT2D eigenvalue weighted by Crippen LogP contribution is -2.35. The fourth-order valence-electron chi connectivity index (χ4n) is 2.91. The average molecular weight is 305 g/mol. The van der Waals surface area contributed by atoms with Crippen molar-refractivity contribution in [3.63, 3.8) is 0 Å². The first-order valence-electron chi connectivity index (χ1n) is 7.46. The van der Waals surface area contributed by atoms with Gasteiger partial charge in [-0.05, 0) is 54.8 Å². The van der Waals surface area contributed by atoms with Crippen molar-refractivity contribution in [1.82, 2.24) is 5.32 Å². The summed E-state index contributed by atoms with van der Waals surface area (Å²) in [6.45, 7) is 0.718. The van der Waals surface area contributed by atoms with E-state index in [0.29, 0.717) is 11.6 Å². The molecule has 0 saturated heterocycles. The van der Waals surface area contributed by atoms with Crippen LogP contribution in [-0.2, 0) is 6.54 Å². The van der Waals surface area contributed by atoms with Gasteiger partial charge >= 0.3 is 0 Å². The molecule has 2 aromatic rings. The Labute approximate surface area is 128 Å². The van der Waals surface area contributed by atoms with E-state index in [0.717, 1.165) is 42.7 Å². The van der Waals surface area contributed by atoms with Crippen LogP contribution < -0.4 is 5.32 Å². The third-order valence-electron chi connectivity index (χ3n) is 4.06. The van der Waals surface area contributed by atoms with Gasteiger partial charge < -0.3 is 10.4 Å². The summed E-state index contributed by atoms with van der Waals surface area (Å²) < 4.78 is 13.9. The van der Waals surface area contributed by atoms with Crippen LogP contribution in [0.15, 0.2) is 35.7 Å². The molecule has 0 aliphatic heterocycles. The van der Waals surface area contributed by atoms with Gasteiger partial charge in [-0.3, -0.25) is 0 Å². The van der Waals surface area contributed by atoms with Gasteiger partial charge in [0.2, 0.25) is 0 Å². The molecule has 1 aliphatic carbocycles. The second-order valence-corrected chi connectivity index (χ2v) is 6.64. The van der Waals surface area contributed by atoms with E-state index in [1.54, 1.807) is 17.4 Å². The Bertz CT molecular complexity index is 584. The second kappa shape index (κ2) is 6.69. The van der Waals surface area contributed by atoms with E-state index in [1.807, 2.05) is 29.6 Å². The van der Waals surface area contributed by atoms with Gasteiger partial charge in [-0.25, -0.2) is 4.39 Å². The molecule has 1 fully saturated rings. The number of halogens is 1. The molecule has 0 amide bonds. The molecule has 1 saturated carbocycles. The molecule has 21 heavy (non-hydrogen) atoms. The Morgan fingerprint density at radius 3 is 2.95 bits per heavy atom. The van der Waals surface area contributed by atoms with Gasteiger partial charge in [-0.15, -0.1) is 11.3 Å². The molecular formula is C17H20FNOS. The lowest BCUT2D eigenvalue weighted by atomic mass is 9.93. The SMILES string of the molecule is OC1CCCC(NCc2ccc(F)c(-c3cccs3)c2)C1. The van der Waals surface area contributed by atoms with Gasteiger partial charge in [0.05, 0.1) is 6.10 Å². The zero-order chi connectivity index (χ0) is 14.7. The summed E-state index contributed by atoms with van der Waals surface area (Å²) in [7, 11) is 0. The molecule has 4 heteroatoms. The fourth-order valence-corrected chi connectivity index (χ4v) is 3.66. The summed E-state index contributed by atoms with van der Waals surface area (Å²) in [6, 6.07) is 9.54. The number of hydrogen-bond donors (Lipinski definition) is 2. The lowest BCUT2D eigenvalue weighted by molar-refractivity contribution is 0.111. The summed E-state index contributed by atoms with van der Waals surface area (Å²) in [5.41, 5.74) is 1.76. The minimum atomic E-state index is -0.175. The van der Waals surface area contributed by atoms with Crippen LogP contribution in [0.3, 0.4) is 0 Å². The van der Waals surface area contributed by atoms with Crippen LogP contribution in [0.4, 0.5) is 4.39 Å². The molecule has 1 aromatic heterocycles. The maximum Gasteiger partial charge on any atom is 0.131 e. The van der Waals surface area contributed by atoms with Gasteiger partial charge in [0.1, 0.15) is 5.82 Å². The van der Waals surface area contributed by atoms with Crippen LogP contribution >= 0.6 is 11.3 Å². The van der Waals surface area contributed by atoms with Gasteiger partial charge in [-0.1, -0.05) is 12.1 Å². The largest absolute Gasteiger partial charge is 0.393 e. The molecule has 0 bridgehead atoms. The number of benzene rings is 1. The zero-order valence-electron chi connectivity index (χ0n) is 11.9. The molecule has 2 nitrogen and oxygen atoms in total. The van der Waals surface area contributed by atoms with Crippen LogP contribution in [-0.4, -0.2) is 17.3 Å². The number of hydrogen-bond acceptors (Lipinski definition) is 3.